The molecule has 1 N–H and O–H groups in total. The zero-order valence-corrected chi connectivity index (χ0v) is 15.2. The van der Waals surface area contributed by atoms with Crippen LogP contribution >= 0.6 is 0 Å². The average molecular weight is 351 g/mol. The van der Waals surface area contributed by atoms with Crippen molar-refractivity contribution in [3.8, 4) is 11.6 Å². The Morgan fingerprint density at radius 2 is 1.92 bits per heavy atom. The first-order valence-electron chi connectivity index (χ1n) is 9.45. The Morgan fingerprint density at radius 1 is 1.12 bits per heavy atom. The molecule has 2 aromatic rings. The molecule has 0 radical (unpaired) electrons. The van der Waals surface area contributed by atoms with Gasteiger partial charge in [0, 0.05) is 25.4 Å². The van der Waals surface area contributed by atoms with Crippen molar-refractivity contribution >= 4 is 5.91 Å². The molecule has 5 nitrogen and oxygen atoms in total. The summed E-state index contributed by atoms with van der Waals surface area (Å²) >= 11 is 0. The molecule has 1 aliphatic carbocycles. The van der Waals surface area contributed by atoms with Gasteiger partial charge in [-0.05, 0) is 68.1 Å². The number of ether oxygens (including phenoxy) is 1. The molecular formula is C21H25N3O2. The van der Waals surface area contributed by atoms with Crippen LogP contribution in [0, 0.1) is 0 Å². The van der Waals surface area contributed by atoms with Gasteiger partial charge < -0.3 is 10.1 Å². The fourth-order valence-electron chi connectivity index (χ4n) is 4.02. The van der Waals surface area contributed by atoms with E-state index in [1.54, 1.807) is 19.2 Å². The van der Waals surface area contributed by atoms with Crippen LogP contribution in [-0.2, 0) is 12.8 Å². The van der Waals surface area contributed by atoms with Crippen LogP contribution in [0.5, 0.6) is 11.6 Å². The zero-order valence-electron chi connectivity index (χ0n) is 15.2. The minimum absolute atomic E-state index is 0.148. The Kier molecular flexibility index (Phi) is 4.89. The highest BCUT2D eigenvalue weighted by molar-refractivity contribution is 5.93. The van der Waals surface area contributed by atoms with Gasteiger partial charge in [0.2, 0.25) is 5.88 Å². The first kappa shape index (κ1) is 17.0. The molecule has 1 atom stereocenters. The molecule has 0 spiro atoms. The van der Waals surface area contributed by atoms with Crippen LogP contribution in [0.15, 0.2) is 36.5 Å². The lowest BCUT2D eigenvalue weighted by Crippen LogP contribution is -2.39. The normalized spacial score (nSPS) is 19.8. The number of pyridine rings is 1. The quantitative estimate of drug-likeness (QED) is 0.919. The van der Waals surface area contributed by atoms with Gasteiger partial charge in [-0.3, -0.25) is 9.69 Å². The minimum Gasteiger partial charge on any atom is -0.439 e. The van der Waals surface area contributed by atoms with E-state index in [2.05, 4.69) is 27.3 Å². The highest BCUT2D eigenvalue weighted by Crippen LogP contribution is 2.31. The molecule has 1 saturated heterocycles. The van der Waals surface area contributed by atoms with Crippen molar-refractivity contribution in [2.24, 2.45) is 0 Å². The van der Waals surface area contributed by atoms with Crippen LogP contribution in [0.25, 0.3) is 0 Å². The van der Waals surface area contributed by atoms with E-state index in [9.17, 15) is 4.79 Å². The number of hydrogen-bond acceptors (Lipinski definition) is 4. The van der Waals surface area contributed by atoms with Gasteiger partial charge >= 0.3 is 0 Å². The SMILES string of the molecule is CNC(=O)c1ccc(Oc2ccc3c(c2)CC(N2CCCCC2)C3)nc1. The van der Waals surface area contributed by atoms with Crippen molar-refractivity contribution < 1.29 is 9.53 Å². The number of aromatic nitrogens is 1. The number of nitrogens with one attached hydrogen (secondary N) is 1. The maximum atomic E-state index is 11.6. The van der Waals surface area contributed by atoms with Gasteiger partial charge in [-0.1, -0.05) is 12.5 Å². The summed E-state index contributed by atoms with van der Waals surface area (Å²) < 4.78 is 5.90. The number of benzene rings is 1. The Morgan fingerprint density at radius 3 is 2.65 bits per heavy atom. The Bertz CT molecular complexity index is 782. The standard InChI is InChI=1S/C21H25N3O2/c1-22-21(25)16-6-8-20(23-14-16)26-19-7-5-15-11-18(12-17(15)13-19)24-9-3-2-4-10-24/h5-8,13-14,18H,2-4,9-12H2,1H3,(H,22,25). The van der Waals surface area contributed by atoms with Gasteiger partial charge in [0.05, 0.1) is 5.56 Å². The van der Waals surface area contributed by atoms with Crippen molar-refractivity contribution in [3.63, 3.8) is 0 Å². The lowest BCUT2D eigenvalue weighted by Gasteiger charge is -2.32. The fraction of sp³-hybridized carbons (Fsp3) is 0.429. The molecule has 1 aliphatic heterocycles. The van der Waals surface area contributed by atoms with Gasteiger partial charge in [-0.2, -0.15) is 0 Å². The number of carbonyl (C=O) groups excluding carboxylic acids is 1. The second-order valence-electron chi connectivity index (χ2n) is 7.16. The second kappa shape index (κ2) is 7.46. The maximum Gasteiger partial charge on any atom is 0.252 e. The summed E-state index contributed by atoms with van der Waals surface area (Å²) in [6.07, 6.45) is 7.83. The molecule has 1 aromatic carbocycles. The molecule has 2 aliphatic rings. The summed E-state index contributed by atoms with van der Waals surface area (Å²) in [6.45, 7) is 2.48. The van der Waals surface area contributed by atoms with Crippen molar-refractivity contribution in [3.05, 3.63) is 53.2 Å². The number of carbonyl (C=O) groups is 1. The maximum absolute atomic E-state index is 11.6. The zero-order chi connectivity index (χ0) is 17.9. The smallest absolute Gasteiger partial charge is 0.252 e. The Labute approximate surface area is 154 Å². The summed E-state index contributed by atoms with van der Waals surface area (Å²) in [6, 6.07) is 10.5. The van der Waals surface area contributed by atoms with E-state index in [0.29, 0.717) is 17.5 Å². The van der Waals surface area contributed by atoms with E-state index < -0.39 is 0 Å². The van der Waals surface area contributed by atoms with Crippen molar-refractivity contribution in [1.82, 2.24) is 15.2 Å². The molecule has 1 fully saturated rings. The Balaban J connectivity index is 1.43. The monoisotopic (exact) mass is 351 g/mol. The number of likely N-dealkylation sites (tertiary alicyclic amines) is 1. The topological polar surface area (TPSA) is 54.5 Å². The average Bonchev–Trinajstić information content (AvgIpc) is 3.12. The van der Waals surface area contributed by atoms with Gasteiger partial charge in [0.15, 0.2) is 0 Å². The molecule has 2 heterocycles. The number of fused-ring (bicyclic) bond motifs is 1. The van der Waals surface area contributed by atoms with Gasteiger partial charge in [0.25, 0.3) is 5.91 Å². The lowest BCUT2D eigenvalue weighted by molar-refractivity contribution is 0.0962. The summed E-state index contributed by atoms with van der Waals surface area (Å²) in [5, 5.41) is 2.59. The number of amides is 1. The molecular weight excluding hydrogens is 326 g/mol. The third kappa shape index (κ3) is 3.58. The molecule has 1 unspecified atom stereocenters. The van der Waals surface area contributed by atoms with Gasteiger partial charge in [-0.25, -0.2) is 4.98 Å². The van der Waals surface area contributed by atoms with E-state index in [1.165, 1.54) is 49.7 Å². The van der Waals surface area contributed by atoms with E-state index >= 15 is 0 Å². The summed E-state index contributed by atoms with van der Waals surface area (Å²) in [5.41, 5.74) is 3.36. The molecule has 26 heavy (non-hydrogen) atoms. The molecule has 1 aromatic heterocycles. The van der Waals surface area contributed by atoms with E-state index in [0.717, 1.165) is 18.6 Å². The molecule has 136 valence electrons. The highest BCUT2D eigenvalue weighted by Gasteiger charge is 2.27. The number of piperidine rings is 1. The number of hydrogen-bond donors (Lipinski definition) is 1. The lowest BCUT2D eigenvalue weighted by atomic mass is 10.1. The first-order chi connectivity index (χ1) is 12.7. The first-order valence-corrected chi connectivity index (χ1v) is 9.45. The van der Waals surface area contributed by atoms with Crippen molar-refractivity contribution in [2.75, 3.05) is 20.1 Å². The van der Waals surface area contributed by atoms with Crippen LogP contribution in [0.2, 0.25) is 0 Å². The van der Waals surface area contributed by atoms with Crippen LogP contribution < -0.4 is 10.1 Å². The van der Waals surface area contributed by atoms with Crippen LogP contribution in [0.1, 0.15) is 40.7 Å². The number of rotatable bonds is 4. The molecule has 5 heteroatoms. The predicted octanol–water partition coefficient (Wildman–Crippen LogP) is 3.19. The Hall–Kier alpha value is -2.40. The third-order valence-electron chi connectivity index (χ3n) is 5.44. The predicted molar refractivity (Wildman–Crippen MR) is 101 cm³/mol. The second-order valence-corrected chi connectivity index (χ2v) is 7.16. The van der Waals surface area contributed by atoms with Crippen molar-refractivity contribution in [1.29, 1.82) is 0 Å². The molecule has 0 bridgehead atoms. The summed E-state index contributed by atoms with van der Waals surface area (Å²) in [7, 11) is 1.61. The number of nitrogens with zero attached hydrogens (tertiary/aromatic N) is 2. The van der Waals surface area contributed by atoms with Crippen LogP contribution in [0.4, 0.5) is 0 Å². The largest absolute Gasteiger partial charge is 0.439 e. The van der Waals surface area contributed by atoms with Gasteiger partial charge in [-0.15, -0.1) is 0 Å². The van der Waals surface area contributed by atoms with E-state index in [1.807, 2.05) is 6.07 Å². The molecule has 4 rings (SSSR count). The summed E-state index contributed by atoms with van der Waals surface area (Å²) in [4.78, 5) is 18.5. The van der Waals surface area contributed by atoms with Crippen LogP contribution in [-0.4, -0.2) is 42.0 Å². The van der Waals surface area contributed by atoms with Gasteiger partial charge in [0.1, 0.15) is 5.75 Å². The van der Waals surface area contributed by atoms with Crippen LogP contribution in [0.3, 0.4) is 0 Å². The third-order valence-corrected chi connectivity index (χ3v) is 5.44. The fourth-order valence-corrected chi connectivity index (χ4v) is 4.02. The van der Waals surface area contributed by atoms with Crippen molar-refractivity contribution in [2.45, 2.75) is 38.1 Å². The molecule has 1 amide bonds. The van der Waals surface area contributed by atoms with E-state index in [-0.39, 0.29) is 5.91 Å². The highest BCUT2D eigenvalue weighted by atomic mass is 16.5. The summed E-state index contributed by atoms with van der Waals surface area (Å²) in [5.74, 6) is 1.16. The van der Waals surface area contributed by atoms with E-state index in [4.69, 9.17) is 4.74 Å². The molecule has 0 saturated carbocycles. The minimum atomic E-state index is -0.148.